The zero-order valence-electron chi connectivity index (χ0n) is 20.1. The van der Waals surface area contributed by atoms with Gasteiger partial charge in [0.05, 0.1) is 19.6 Å². The molecule has 11 heteroatoms. The Hall–Kier alpha value is -2.86. The Morgan fingerprint density at radius 3 is 1.53 bits per heavy atom. The van der Waals surface area contributed by atoms with Crippen molar-refractivity contribution < 1.29 is 37.6 Å². The zero-order valence-corrected chi connectivity index (χ0v) is 23.3. The van der Waals surface area contributed by atoms with Crippen LogP contribution in [0.2, 0.25) is 0 Å². The molecule has 202 valence electrons. The highest BCUT2D eigenvalue weighted by molar-refractivity contribution is 9.10. The fourth-order valence-corrected chi connectivity index (χ4v) is 3.98. The number of aliphatic carboxylic acids is 1. The van der Waals surface area contributed by atoms with Crippen LogP contribution in [0.4, 0.5) is 13.2 Å². The third-order valence-electron chi connectivity index (χ3n) is 5.30. The van der Waals surface area contributed by atoms with Crippen molar-refractivity contribution in [3.05, 3.63) is 93.3 Å². The number of hydrogen-bond acceptors (Lipinski definition) is 5. The van der Waals surface area contributed by atoms with E-state index in [1.807, 2.05) is 36.4 Å². The van der Waals surface area contributed by atoms with Crippen molar-refractivity contribution in [3.63, 3.8) is 0 Å². The molecule has 3 N–H and O–H groups in total. The number of carboxylic acid groups (broad SMARTS) is 1. The lowest BCUT2D eigenvalue weighted by atomic mass is 10.2. The predicted octanol–water partition coefficient (Wildman–Crippen LogP) is 5.66. The Morgan fingerprint density at radius 1 is 0.789 bits per heavy atom. The molecule has 2 aromatic carbocycles. The van der Waals surface area contributed by atoms with Gasteiger partial charge in [0.1, 0.15) is 29.0 Å². The van der Waals surface area contributed by atoms with Gasteiger partial charge in [-0.05, 0) is 48.5 Å². The third-order valence-corrected chi connectivity index (χ3v) is 6.35. The van der Waals surface area contributed by atoms with Crippen LogP contribution in [0.25, 0.3) is 22.6 Å². The molecule has 6 nitrogen and oxygen atoms in total. The number of rotatable bonds is 9. The maximum Gasteiger partial charge on any atom is 0.430 e. The molecule has 0 saturated carbocycles. The monoisotopic (exact) mass is 656 g/mol. The van der Waals surface area contributed by atoms with Gasteiger partial charge in [0.2, 0.25) is 0 Å². The predicted molar refractivity (Wildman–Crippen MR) is 141 cm³/mol. The quantitative estimate of drug-likeness (QED) is 0.250. The van der Waals surface area contributed by atoms with E-state index < -0.39 is 12.1 Å². The highest BCUT2D eigenvalue weighted by Gasteiger charge is 2.28. The first-order chi connectivity index (χ1) is 18.0. The van der Waals surface area contributed by atoms with Crippen LogP contribution in [0.1, 0.15) is 17.9 Å². The molecule has 0 bridgehead atoms. The first-order valence-electron chi connectivity index (χ1n) is 11.5. The summed E-state index contributed by atoms with van der Waals surface area (Å²) in [6.45, 7) is 3.29. The zero-order chi connectivity index (χ0) is 27.7. The molecule has 38 heavy (non-hydrogen) atoms. The molecule has 0 aliphatic rings. The molecule has 0 atom stereocenters. The maximum absolute atomic E-state index is 10.5. The summed E-state index contributed by atoms with van der Waals surface area (Å²) in [5.74, 6) is 0.654. The Kier molecular flexibility index (Phi) is 10.8. The summed E-state index contributed by atoms with van der Waals surface area (Å²) in [6.07, 6.45) is -4.17. The van der Waals surface area contributed by atoms with Crippen LogP contribution >= 0.6 is 31.9 Å². The molecule has 0 fully saturated rings. The summed E-state index contributed by atoms with van der Waals surface area (Å²) in [6, 6.07) is 24.5. The van der Waals surface area contributed by atoms with E-state index in [4.69, 9.17) is 18.7 Å². The second-order valence-corrected chi connectivity index (χ2v) is 10.1. The maximum atomic E-state index is 10.5. The van der Waals surface area contributed by atoms with E-state index in [1.54, 1.807) is 0 Å². The van der Waals surface area contributed by atoms with E-state index in [0.29, 0.717) is 0 Å². The lowest BCUT2D eigenvalue weighted by Gasteiger charge is -2.19. The van der Waals surface area contributed by atoms with Crippen molar-refractivity contribution >= 4 is 37.8 Å². The molecule has 0 aliphatic heterocycles. The second kappa shape index (κ2) is 13.8. The van der Waals surface area contributed by atoms with Crippen LogP contribution < -0.4 is 10.8 Å². The molecular formula is C27H25Br2F3N2O4. The minimum Gasteiger partial charge on any atom is -0.542 e. The SMILES string of the molecule is O=C([O-])C(F)(F)F.[NH3+]CCCN(Cc1ccc(-c2ccc(Br)cc2)o1)Cc1ccc(-c2ccc(Br)cc2)o1. The third kappa shape index (κ3) is 9.16. The summed E-state index contributed by atoms with van der Waals surface area (Å²) >= 11 is 6.96. The lowest BCUT2D eigenvalue weighted by Crippen LogP contribution is -2.51. The van der Waals surface area contributed by atoms with Crippen LogP contribution in [-0.4, -0.2) is 30.1 Å². The van der Waals surface area contributed by atoms with Gasteiger partial charge in [-0.25, -0.2) is 0 Å². The molecule has 2 heterocycles. The smallest absolute Gasteiger partial charge is 0.430 e. The number of furan rings is 2. The van der Waals surface area contributed by atoms with Crippen molar-refractivity contribution in [1.82, 2.24) is 4.90 Å². The van der Waals surface area contributed by atoms with E-state index in [1.165, 1.54) is 0 Å². The topological polar surface area (TPSA) is 97.3 Å². The number of carbonyl (C=O) groups excluding carboxylic acids is 1. The van der Waals surface area contributed by atoms with Gasteiger partial charge in [-0.2, -0.15) is 13.2 Å². The normalized spacial score (nSPS) is 11.3. The van der Waals surface area contributed by atoms with E-state index in [0.717, 1.165) is 75.7 Å². The molecule has 2 aromatic heterocycles. The minimum atomic E-state index is -5.19. The number of hydrogen-bond donors (Lipinski definition) is 1. The fourth-order valence-electron chi connectivity index (χ4n) is 3.45. The second-order valence-electron chi connectivity index (χ2n) is 8.25. The van der Waals surface area contributed by atoms with Crippen LogP contribution in [-0.2, 0) is 17.9 Å². The van der Waals surface area contributed by atoms with Crippen molar-refractivity contribution in [1.29, 1.82) is 0 Å². The van der Waals surface area contributed by atoms with E-state index in [9.17, 15) is 13.2 Å². The molecule has 0 saturated heterocycles. The van der Waals surface area contributed by atoms with Gasteiger partial charge in [0.25, 0.3) is 0 Å². The van der Waals surface area contributed by atoms with Crippen molar-refractivity contribution in [2.45, 2.75) is 25.7 Å². The van der Waals surface area contributed by atoms with E-state index >= 15 is 0 Å². The Balaban J connectivity index is 0.000000505. The minimum absolute atomic E-state index is 0.727. The number of carbonyl (C=O) groups is 1. The van der Waals surface area contributed by atoms with Gasteiger partial charge in [0, 0.05) is 33.0 Å². The molecule has 0 aliphatic carbocycles. The summed E-state index contributed by atoms with van der Waals surface area (Å²) in [5.41, 5.74) is 6.14. The Labute approximate surface area is 234 Å². The molecule has 0 radical (unpaired) electrons. The van der Waals surface area contributed by atoms with Crippen molar-refractivity contribution in [2.24, 2.45) is 0 Å². The van der Waals surface area contributed by atoms with Crippen LogP contribution in [0.15, 0.2) is 90.6 Å². The molecular weight excluding hydrogens is 633 g/mol. The van der Waals surface area contributed by atoms with Crippen LogP contribution in [0.5, 0.6) is 0 Å². The molecule has 4 aromatic rings. The Bertz CT molecular complexity index is 1220. The van der Waals surface area contributed by atoms with Crippen LogP contribution in [0, 0.1) is 0 Å². The van der Waals surface area contributed by atoms with Gasteiger partial charge < -0.3 is 24.5 Å². The van der Waals surface area contributed by atoms with Gasteiger partial charge in [0.15, 0.2) is 0 Å². The summed E-state index contributed by atoms with van der Waals surface area (Å²) in [4.78, 5) is 11.1. The lowest BCUT2D eigenvalue weighted by molar-refractivity contribution is -0.368. The number of carboxylic acids is 1. The number of nitrogens with zero attached hydrogens (tertiary/aromatic N) is 1. The van der Waals surface area contributed by atoms with E-state index in [-0.39, 0.29) is 0 Å². The van der Waals surface area contributed by atoms with Crippen molar-refractivity contribution in [3.8, 4) is 22.6 Å². The first-order valence-corrected chi connectivity index (χ1v) is 13.1. The number of quaternary nitrogens is 1. The fraction of sp³-hybridized carbons (Fsp3) is 0.222. The van der Waals surface area contributed by atoms with Gasteiger partial charge in [-0.1, -0.05) is 56.1 Å². The molecule has 0 spiro atoms. The van der Waals surface area contributed by atoms with Crippen LogP contribution in [0.3, 0.4) is 0 Å². The summed E-state index contributed by atoms with van der Waals surface area (Å²) in [5, 5.41) is 8.78. The largest absolute Gasteiger partial charge is 0.542 e. The first kappa shape index (κ1) is 29.7. The standard InChI is InChI=1S/C25H24Br2N2O2.C2HF3O2/c26-20-6-2-18(3-7-20)24-12-10-22(30-24)16-29(15-1-14-28)17-23-11-13-25(31-23)19-4-8-21(27)9-5-19;3-2(4,5)1(6)7/h2-13H,1,14-17,28H2;(H,6,7). The van der Waals surface area contributed by atoms with Gasteiger partial charge >= 0.3 is 6.18 Å². The molecule has 0 unspecified atom stereocenters. The van der Waals surface area contributed by atoms with E-state index in [2.05, 4.69) is 78.9 Å². The van der Waals surface area contributed by atoms with Crippen molar-refractivity contribution in [2.75, 3.05) is 13.1 Å². The van der Waals surface area contributed by atoms with Gasteiger partial charge in [-0.3, -0.25) is 4.90 Å². The molecule has 4 rings (SSSR count). The average Bonchev–Trinajstić information content (AvgIpc) is 3.53. The number of halogens is 5. The molecule has 0 amide bonds. The number of benzene rings is 2. The average molecular weight is 658 g/mol. The Morgan fingerprint density at radius 2 is 1.18 bits per heavy atom. The summed E-state index contributed by atoms with van der Waals surface area (Å²) in [7, 11) is 0. The summed E-state index contributed by atoms with van der Waals surface area (Å²) < 4.78 is 45.9. The van der Waals surface area contributed by atoms with Gasteiger partial charge in [-0.15, -0.1) is 0 Å². The highest BCUT2D eigenvalue weighted by atomic mass is 79.9. The highest BCUT2D eigenvalue weighted by Crippen LogP contribution is 2.27. The number of alkyl halides is 3.